The van der Waals surface area contributed by atoms with Gasteiger partial charge in [-0.1, -0.05) is 51.8 Å². The van der Waals surface area contributed by atoms with Crippen molar-refractivity contribution in [2.75, 3.05) is 6.61 Å². The predicted octanol–water partition coefficient (Wildman–Crippen LogP) is 4.72. The van der Waals surface area contributed by atoms with Crippen LogP contribution in [0, 0.1) is 0 Å². The van der Waals surface area contributed by atoms with Crippen molar-refractivity contribution in [3.63, 3.8) is 0 Å². The topological polar surface area (TPSA) is 21.3 Å². The first-order valence-electron chi connectivity index (χ1n) is 6.63. The molecule has 4 heteroatoms. The molecule has 1 unspecified atom stereocenters. The van der Waals surface area contributed by atoms with Crippen LogP contribution in [0.15, 0.2) is 46.9 Å². The fourth-order valence-electron chi connectivity index (χ4n) is 2.49. The number of ether oxygens (including phenoxy) is 1. The van der Waals surface area contributed by atoms with Gasteiger partial charge in [-0.25, -0.2) is 0 Å². The molecule has 104 valence electrons. The molecule has 0 fully saturated rings. The Kier molecular flexibility index (Phi) is 4.29. The molecule has 1 atom stereocenters. The molecular weight excluding hydrogens is 338 g/mol. The van der Waals surface area contributed by atoms with E-state index in [-0.39, 0.29) is 6.04 Å². The van der Waals surface area contributed by atoms with Gasteiger partial charge in [0.2, 0.25) is 0 Å². The Morgan fingerprint density at radius 3 is 2.95 bits per heavy atom. The summed E-state index contributed by atoms with van der Waals surface area (Å²) in [6.45, 7) is 1.53. The Morgan fingerprint density at radius 2 is 2.10 bits per heavy atom. The average molecular weight is 353 g/mol. The number of para-hydroxylation sites is 1. The third-order valence-electron chi connectivity index (χ3n) is 3.47. The van der Waals surface area contributed by atoms with Crippen molar-refractivity contribution in [1.29, 1.82) is 0 Å². The first kappa shape index (κ1) is 13.9. The molecule has 0 amide bonds. The zero-order valence-corrected chi connectivity index (χ0v) is 13.2. The molecule has 2 nitrogen and oxygen atoms in total. The molecule has 1 aliphatic heterocycles. The van der Waals surface area contributed by atoms with E-state index in [2.05, 4.69) is 45.5 Å². The van der Waals surface area contributed by atoms with Crippen LogP contribution in [0.4, 0.5) is 0 Å². The van der Waals surface area contributed by atoms with E-state index in [4.69, 9.17) is 16.3 Å². The maximum Gasteiger partial charge on any atom is 0.142 e. The monoisotopic (exact) mass is 351 g/mol. The summed E-state index contributed by atoms with van der Waals surface area (Å²) in [5, 5.41) is 4.28. The van der Waals surface area contributed by atoms with Gasteiger partial charge in [-0.05, 0) is 23.8 Å². The van der Waals surface area contributed by atoms with Gasteiger partial charge in [0.1, 0.15) is 5.75 Å². The zero-order chi connectivity index (χ0) is 13.9. The lowest BCUT2D eigenvalue weighted by Crippen LogP contribution is -2.26. The Morgan fingerprint density at radius 1 is 1.25 bits per heavy atom. The summed E-state index contributed by atoms with van der Waals surface area (Å²) in [6, 6.07) is 14.6. The minimum absolute atomic E-state index is 0.288. The highest BCUT2D eigenvalue weighted by atomic mass is 79.9. The second-order valence-corrected chi connectivity index (χ2v) is 6.18. The van der Waals surface area contributed by atoms with Crippen molar-refractivity contribution in [1.82, 2.24) is 5.32 Å². The summed E-state index contributed by atoms with van der Waals surface area (Å²) in [5.41, 5.74) is 2.41. The quantitative estimate of drug-likeness (QED) is 0.863. The second kappa shape index (κ2) is 6.17. The Labute approximate surface area is 132 Å². The van der Waals surface area contributed by atoms with E-state index in [1.165, 1.54) is 5.56 Å². The van der Waals surface area contributed by atoms with Gasteiger partial charge in [0.15, 0.2) is 0 Å². The molecular formula is C16H15BrClNO. The van der Waals surface area contributed by atoms with Crippen LogP contribution in [0.3, 0.4) is 0 Å². The van der Waals surface area contributed by atoms with E-state index >= 15 is 0 Å². The van der Waals surface area contributed by atoms with Gasteiger partial charge in [0, 0.05) is 29.0 Å². The van der Waals surface area contributed by atoms with Gasteiger partial charge in [-0.3, -0.25) is 0 Å². The van der Waals surface area contributed by atoms with Crippen molar-refractivity contribution < 1.29 is 4.74 Å². The molecule has 3 rings (SSSR count). The highest BCUT2D eigenvalue weighted by molar-refractivity contribution is 9.10. The fourth-order valence-corrected chi connectivity index (χ4v) is 3.17. The summed E-state index contributed by atoms with van der Waals surface area (Å²) in [5.74, 6) is 0.826. The van der Waals surface area contributed by atoms with Gasteiger partial charge in [-0.2, -0.15) is 0 Å². The standard InChI is InChI=1S/C16H15BrClNO/c17-12-4-1-3-11(9-12)10-19-15-7-8-20-16-13(15)5-2-6-14(16)18/h1-6,9,15,19H,7-8,10H2. The molecule has 0 bridgehead atoms. The second-order valence-electron chi connectivity index (χ2n) is 4.86. The molecule has 20 heavy (non-hydrogen) atoms. The van der Waals surface area contributed by atoms with E-state index < -0.39 is 0 Å². The van der Waals surface area contributed by atoms with Crippen LogP contribution in [0.2, 0.25) is 5.02 Å². The Balaban J connectivity index is 1.75. The third kappa shape index (κ3) is 3.00. The molecule has 0 aromatic heterocycles. The first-order valence-corrected chi connectivity index (χ1v) is 7.80. The summed E-state index contributed by atoms with van der Waals surface area (Å²) >= 11 is 9.68. The average Bonchev–Trinajstić information content (AvgIpc) is 2.46. The Hall–Kier alpha value is -1.03. The molecule has 0 saturated carbocycles. The minimum Gasteiger partial charge on any atom is -0.492 e. The van der Waals surface area contributed by atoms with Crippen LogP contribution < -0.4 is 10.1 Å². The maximum absolute atomic E-state index is 6.19. The van der Waals surface area contributed by atoms with Crippen molar-refractivity contribution >= 4 is 27.5 Å². The highest BCUT2D eigenvalue weighted by Gasteiger charge is 2.22. The number of halogens is 2. The molecule has 0 radical (unpaired) electrons. The summed E-state index contributed by atoms with van der Waals surface area (Å²) in [6.07, 6.45) is 0.960. The molecule has 2 aromatic rings. The number of nitrogens with one attached hydrogen (secondary N) is 1. The number of hydrogen-bond acceptors (Lipinski definition) is 2. The van der Waals surface area contributed by atoms with E-state index in [0.717, 1.165) is 28.8 Å². The SMILES string of the molecule is Clc1cccc2c1OCCC2NCc1cccc(Br)c1. The van der Waals surface area contributed by atoms with Crippen LogP contribution in [0.1, 0.15) is 23.6 Å². The third-order valence-corrected chi connectivity index (χ3v) is 4.26. The van der Waals surface area contributed by atoms with Crippen molar-refractivity contribution in [3.05, 3.63) is 63.1 Å². The molecule has 2 aromatic carbocycles. The van der Waals surface area contributed by atoms with E-state index in [9.17, 15) is 0 Å². The Bertz CT molecular complexity index is 617. The predicted molar refractivity (Wildman–Crippen MR) is 85.3 cm³/mol. The van der Waals surface area contributed by atoms with Crippen molar-refractivity contribution in [2.45, 2.75) is 19.0 Å². The lowest BCUT2D eigenvalue weighted by Gasteiger charge is -2.27. The highest BCUT2D eigenvalue weighted by Crippen LogP contribution is 2.37. The van der Waals surface area contributed by atoms with Crippen LogP contribution in [0.5, 0.6) is 5.75 Å². The van der Waals surface area contributed by atoms with Crippen molar-refractivity contribution in [2.24, 2.45) is 0 Å². The molecule has 0 saturated heterocycles. The normalized spacial score (nSPS) is 17.4. The number of benzene rings is 2. The molecule has 1 aliphatic rings. The first-order chi connectivity index (χ1) is 9.74. The largest absolute Gasteiger partial charge is 0.492 e. The fraction of sp³-hybridized carbons (Fsp3) is 0.250. The van der Waals surface area contributed by atoms with Crippen molar-refractivity contribution in [3.8, 4) is 5.75 Å². The molecule has 0 spiro atoms. The van der Waals surface area contributed by atoms with Gasteiger partial charge in [-0.15, -0.1) is 0 Å². The van der Waals surface area contributed by atoms with E-state index in [1.54, 1.807) is 0 Å². The lowest BCUT2D eigenvalue weighted by molar-refractivity contribution is 0.252. The van der Waals surface area contributed by atoms with Crippen LogP contribution in [-0.4, -0.2) is 6.61 Å². The number of hydrogen-bond donors (Lipinski definition) is 1. The lowest BCUT2D eigenvalue weighted by atomic mass is 10.0. The zero-order valence-electron chi connectivity index (χ0n) is 10.9. The van der Waals surface area contributed by atoms with Crippen LogP contribution in [0.25, 0.3) is 0 Å². The van der Waals surface area contributed by atoms with Gasteiger partial charge in [0.05, 0.1) is 11.6 Å². The smallest absolute Gasteiger partial charge is 0.142 e. The molecule has 0 aliphatic carbocycles. The summed E-state index contributed by atoms with van der Waals surface area (Å²) < 4.78 is 6.78. The van der Waals surface area contributed by atoms with Crippen LogP contribution >= 0.6 is 27.5 Å². The van der Waals surface area contributed by atoms with E-state index in [0.29, 0.717) is 11.6 Å². The van der Waals surface area contributed by atoms with Gasteiger partial charge >= 0.3 is 0 Å². The van der Waals surface area contributed by atoms with Gasteiger partial charge in [0.25, 0.3) is 0 Å². The minimum atomic E-state index is 0.288. The van der Waals surface area contributed by atoms with Crippen LogP contribution in [-0.2, 0) is 6.54 Å². The number of fused-ring (bicyclic) bond motifs is 1. The molecule has 1 N–H and O–H groups in total. The maximum atomic E-state index is 6.19. The summed E-state index contributed by atoms with van der Waals surface area (Å²) in [7, 11) is 0. The molecule has 1 heterocycles. The van der Waals surface area contributed by atoms with Gasteiger partial charge < -0.3 is 10.1 Å². The summed E-state index contributed by atoms with van der Waals surface area (Å²) in [4.78, 5) is 0. The van der Waals surface area contributed by atoms with E-state index in [1.807, 2.05) is 18.2 Å². The number of rotatable bonds is 3.